The molecule has 0 aliphatic carbocycles. The molecule has 2 aromatic heterocycles. The molecule has 2 heterocycles. The Morgan fingerprint density at radius 2 is 2.33 bits per heavy atom. The van der Waals surface area contributed by atoms with Gasteiger partial charge in [-0.3, -0.25) is 9.58 Å². The van der Waals surface area contributed by atoms with E-state index in [0.717, 1.165) is 24.5 Å². The first-order chi connectivity index (χ1) is 8.68. The van der Waals surface area contributed by atoms with E-state index in [2.05, 4.69) is 20.5 Å². The van der Waals surface area contributed by atoms with Gasteiger partial charge in [0.1, 0.15) is 5.76 Å². The van der Waals surface area contributed by atoms with Crippen molar-refractivity contribution in [2.75, 3.05) is 20.6 Å². The van der Waals surface area contributed by atoms with E-state index in [0.29, 0.717) is 0 Å². The molecule has 98 valence electrons. The highest BCUT2D eigenvalue weighted by Crippen LogP contribution is 2.17. The van der Waals surface area contributed by atoms with Gasteiger partial charge in [-0.05, 0) is 26.2 Å². The van der Waals surface area contributed by atoms with E-state index in [4.69, 9.17) is 4.42 Å². The second-order valence-corrected chi connectivity index (χ2v) is 4.47. The SMILES string of the molecule is CN(C)C(CNCc1cnnn1C)c1ccco1. The van der Waals surface area contributed by atoms with Crippen LogP contribution in [-0.2, 0) is 13.6 Å². The summed E-state index contributed by atoms with van der Waals surface area (Å²) in [5.41, 5.74) is 1.06. The van der Waals surface area contributed by atoms with Gasteiger partial charge in [-0.1, -0.05) is 5.21 Å². The molecule has 0 spiro atoms. The molecule has 1 N–H and O–H groups in total. The van der Waals surface area contributed by atoms with Crippen LogP contribution in [0, 0.1) is 0 Å². The Kier molecular flexibility index (Phi) is 4.11. The summed E-state index contributed by atoms with van der Waals surface area (Å²) in [6.45, 7) is 1.56. The summed E-state index contributed by atoms with van der Waals surface area (Å²) in [6, 6.07) is 4.13. The standard InChI is InChI=1S/C12H19N5O/c1-16(2)11(12-5-4-6-18-12)9-13-7-10-8-14-15-17(10)3/h4-6,8,11,13H,7,9H2,1-3H3. The van der Waals surface area contributed by atoms with Crippen LogP contribution < -0.4 is 5.32 Å². The second kappa shape index (κ2) is 5.79. The maximum Gasteiger partial charge on any atom is 0.122 e. The van der Waals surface area contributed by atoms with Gasteiger partial charge >= 0.3 is 0 Å². The number of rotatable bonds is 6. The fraction of sp³-hybridized carbons (Fsp3) is 0.500. The van der Waals surface area contributed by atoms with Gasteiger partial charge in [-0.15, -0.1) is 5.10 Å². The van der Waals surface area contributed by atoms with Gasteiger partial charge in [0.2, 0.25) is 0 Å². The van der Waals surface area contributed by atoms with E-state index in [1.807, 2.05) is 33.3 Å². The molecule has 0 fully saturated rings. The summed E-state index contributed by atoms with van der Waals surface area (Å²) >= 11 is 0. The number of likely N-dealkylation sites (N-methyl/N-ethyl adjacent to an activating group) is 1. The van der Waals surface area contributed by atoms with Crippen LogP contribution in [-0.4, -0.2) is 40.5 Å². The summed E-state index contributed by atoms with van der Waals surface area (Å²) in [6.07, 6.45) is 3.47. The van der Waals surface area contributed by atoms with Crippen molar-refractivity contribution in [3.63, 3.8) is 0 Å². The summed E-state index contributed by atoms with van der Waals surface area (Å²) in [5, 5.41) is 11.1. The minimum atomic E-state index is 0.223. The van der Waals surface area contributed by atoms with Gasteiger partial charge in [-0.25, -0.2) is 0 Å². The van der Waals surface area contributed by atoms with E-state index in [-0.39, 0.29) is 6.04 Å². The third-order valence-corrected chi connectivity index (χ3v) is 2.95. The Morgan fingerprint density at radius 1 is 1.50 bits per heavy atom. The maximum absolute atomic E-state index is 5.46. The second-order valence-electron chi connectivity index (χ2n) is 4.47. The highest BCUT2D eigenvalue weighted by atomic mass is 16.3. The van der Waals surface area contributed by atoms with Crippen molar-refractivity contribution in [2.24, 2.45) is 7.05 Å². The first-order valence-corrected chi connectivity index (χ1v) is 5.92. The van der Waals surface area contributed by atoms with Crippen LogP contribution in [0.5, 0.6) is 0 Å². The van der Waals surface area contributed by atoms with Gasteiger partial charge in [0.25, 0.3) is 0 Å². The molecule has 0 aliphatic heterocycles. The third-order valence-electron chi connectivity index (χ3n) is 2.95. The molecule has 0 amide bonds. The monoisotopic (exact) mass is 249 g/mol. The Bertz CT molecular complexity index is 463. The zero-order valence-corrected chi connectivity index (χ0v) is 11.0. The van der Waals surface area contributed by atoms with Crippen LogP contribution in [0.3, 0.4) is 0 Å². The van der Waals surface area contributed by atoms with Gasteiger partial charge in [0.15, 0.2) is 0 Å². The fourth-order valence-electron chi connectivity index (χ4n) is 1.83. The van der Waals surface area contributed by atoms with E-state index in [1.165, 1.54) is 0 Å². The molecular formula is C12H19N5O. The molecule has 0 radical (unpaired) electrons. The average molecular weight is 249 g/mol. The first-order valence-electron chi connectivity index (χ1n) is 5.92. The molecule has 6 heteroatoms. The molecule has 18 heavy (non-hydrogen) atoms. The molecule has 0 aliphatic rings. The summed E-state index contributed by atoms with van der Waals surface area (Å²) < 4.78 is 7.23. The fourth-order valence-corrected chi connectivity index (χ4v) is 1.83. The topological polar surface area (TPSA) is 59.1 Å². The molecule has 0 saturated carbocycles. The Hall–Kier alpha value is -1.66. The van der Waals surface area contributed by atoms with Crippen molar-refractivity contribution in [2.45, 2.75) is 12.6 Å². The average Bonchev–Trinajstić information content (AvgIpc) is 2.96. The molecular weight excluding hydrogens is 230 g/mol. The van der Waals surface area contributed by atoms with Gasteiger partial charge in [0, 0.05) is 20.1 Å². The predicted octanol–water partition coefficient (Wildman–Crippen LogP) is 0.801. The molecule has 1 unspecified atom stereocenters. The van der Waals surface area contributed by atoms with E-state index >= 15 is 0 Å². The van der Waals surface area contributed by atoms with Crippen molar-refractivity contribution < 1.29 is 4.42 Å². The van der Waals surface area contributed by atoms with E-state index in [9.17, 15) is 0 Å². The summed E-state index contributed by atoms with van der Waals surface area (Å²) in [4.78, 5) is 2.13. The number of hydrogen-bond acceptors (Lipinski definition) is 5. The van der Waals surface area contributed by atoms with E-state index < -0.39 is 0 Å². The van der Waals surface area contributed by atoms with Crippen molar-refractivity contribution >= 4 is 0 Å². The lowest BCUT2D eigenvalue weighted by atomic mass is 10.2. The first kappa shape index (κ1) is 12.8. The lowest BCUT2D eigenvalue weighted by Gasteiger charge is -2.22. The number of nitrogens with zero attached hydrogens (tertiary/aromatic N) is 4. The predicted molar refractivity (Wildman–Crippen MR) is 67.8 cm³/mol. The number of hydrogen-bond donors (Lipinski definition) is 1. The summed E-state index contributed by atoms with van der Waals surface area (Å²) in [7, 11) is 5.97. The summed E-state index contributed by atoms with van der Waals surface area (Å²) in [5.74, 6) is 0.968. The third kappa shape index (κ3) is 2.96. The van der Waals surface area contributed by atoms with Crippen LogP contribution in [0.15, 0.2) is 29.0 Å². The minimum absolute atomic E-state index is 0.223. The number of aryl methyl sites for hydroxylation is 1. The zero-order valence-electron chi connectivity index (χ0n) is 11.0. The smallest absolute Gasteiger partial charge is 0.122 e. The normalized spacial score (nSPS) is 13.1. The molecule has 2 aromatic rings. The largest absolute Gasteiger partial charge is 0.468 e. The molecule has 0 saturated heterocycles. The quantitative estimate of drug-likeness (QED) is 0.820. The van der Waals surface area contributed by atoms with Gasteiger partial charge in [-0.2, -0.15) is 0 Å². The lowest BCUT2D eigenvalue weighted by Crippen LogP contribution is -2.31. The van der Waals surface area contributed by atoms with Crippen molar-refractivity contribution in [3.05, 3.63) is 36.0 Å². The molecule has 2 rings (SSSR count). The van der Waals surface area contributed by atoms with Crippen molar-refractivity contribution in [1.29, 1.82) is 0 Å². The maximum atomic E-state index is 5.46. The van der Waals surface area contributed by atoms with Crippen molar-refractivity contribution in [3.8, 4) is 0 Å². The zero-order chi connectivity index (χ0) is 13.0. The van der Waals surface area contributed by atoms with Crippen LogP contribution in [0.4, 0.5) is 0 Å². The van der Waals surface area contributed by atoms with Crippen LogP contribution in [0.1, 0.15) is 17.5 Å². The minimum Gasteiger partial charge on any atom is -0.468 e. The lowest BCUT2D eigenvalue weighted by molar-refractivity contribution is 0.249. The number of furan rings is 1. The highest BCUT2D eigenvalue weighted by Gasteiger charge is 2.16. The Morgan fingerprint density at radius 3 is 2.89 bits per heavy atom. The molecule has 1 atom stereocenters. The Labute approximate surface area is 107 Å². The molecule has 6 nitrogen and oxygen atoms in total. The van der Waals surface area contributed by atoms with Crippen molar-refractivity contribution in [1.82, 2.24) is 25.2 Å². The Balaban J connectivity index is 1.89. The van der Waals surface area contributed by atoms with Crippen LogP contribution in [0.25, 0.3) is 0 Å². The van der Waals surface area contributed by atoms with Gasteiger partial charge in [0.05, 0.1) is 24.2 Å². The highest BCUT2D eigenvalue weighted by molar-refractivity contribution is 5.05. The molecule has 0 bridgehead atoms. The van der Waals surface area contributed by atoms with Crippen LogP contribution in [0.2, 0.25) is 0 Å². The van der Waals surface area contributed by atoms with Crippen LogP contribution >= 0.6 is 0 Å². The van der Waals surface area contributed by atoms with Gasteiger partial charge < -0.3 is 9.73 Å². The number of aromatic nitrogens is 3. The number of nitrogens with one attached hydrogen (secondary N) is 1. The molecule has 0 aromatic carbocycles. The van der Waals surface area contributed by atoms with E-state index in [1.54, 1.807) is 17.1 Å².